The fraction of sp³-hybridized carbons (Fsp3) is 0.263. The van der Waals surface area contributed by atoms with Crippen LogP contribution in [0.25, 0.3) is 0 Å². The Labute approximate surface area is 151 Å². The number of ether oxygens (including phenoxy) is 1. The lowest BCUT2D eigenvalue weighted by molar-refractivity contribution is -0.384. The number of esters is 1. The number of nitrogens with one attached hydrogen (secondary N) is 1. The Balaban J connectivity index is 1.91. The monoisotopic (exact) mass is 356 g/mol. The van der Waals surface area contributed by atoms with E-state index in [1.54, 1.807) is 0 Å². The zero-order valence-electron chi connectivity index (χ0n) is 14.8. The molecule has 0 aliphatic carbocycles. The van der Waals surface area contributed by atoms with E-state index in [0.29, 0.717) is 0 Å². The molecule has 0 fully saturated rings. The number of non-ortho nitro benzene ring substituents is 1. The Kier molecular flexibility index (Phi) is 6.06. The predicted molar refractivity (Wildman–Crippen MR) is 95.9 cm³/mol. The Bertz CT molecular complexity index is 848. The molecule has 2 aromatic rings. The third kappa shape index (κ3) is 4.89. The van der Waals surface area contributed by atoms with Crippen molar-refractivity contribution in [1.82, 2.24) is 5.32 Å². The highest BCUT2D eigenvalue weighted by atomic mass is 16.6. The summed E-state index contributed by atoms with van der Waals surface area (Å²) in [6, 6.07) is 10.8. The normalized spacial score (nSPS) is 11.5. The fourth-order valence-electron chi connectivity index (χ4n) is 2.36. The highest BCUT2D eigenvalue weighted by Crippen LogP contribution is 2.17. The summed E-state index contributed by atoms with van der Waals surface area (Å²) in [6.07, 6.45) is 0. The second-order valence-corrected chi connectivity index (χ2v) is 6.02. The van der Waals surface area contributed by atoms with Crippen molar-refractivity contribution in [2.24, 2.45) is 0 Å². The van der Waals surface area contributed by atoms with Gasteiger partial charge in [-0.3, -0.25) is 14.9 Å². The van der Waals surface area contributed by atoms with E-state index in [-0.39, 0.29) is 17.3 Å². The fourth-order valence-corrected chi connectivity index (χ4v) is 2.36. The van der Waals surface area contributed by atoms with Crippen LogP contribution >= 0.6 is 0 Å². The third-order valence-electron chi connectivity index (χ3n) is 4.04. The summed E-state index contributed by atoms with van der Waals surface area (Å²) in [7, 11) is 0. The molecule has 0 aromatic heterocycles. The van der Waals surface area contributed by atoms with Crippen LogP contribution in [0, 0.1) is 24.0 Å². The Hall–Kier alpha value is -3.22. The first kappa shape index (κ1) is 19.1. The topological polar surface area (TPSA) is 98.5 Å². The van der Waals surface area contributed by atoms with Gasteiger partial charge in [0.1, 0.15) is 0 Å². The van der Waals surface area contributed by atoms with E-state index in [1.807, 2.05) is 39.0 Å². The minimum Gasteiger partial charge on any atom is -0.452 e. The van der Waals surface area contributed by atoms with E-state index < -0.39 is 23.4 Å². The maximum atomic E-state index is 12.0. The van der Waals surface area contributed by atoms with E-state index >= 15 is 0 Å². The molecule has 1 atom stereocenters. The summed E-state index contributed by atoms with van der Waals surface area (Å²) in [6.45, 7) is 5.38. The molecule has 26 heavy (non-hydrogen) atoms. The molecule has 0 spiro atoms. The lowest BCUT2D eigenvalue weighted by Crippen LogP contribution is -2.31. The standard InChI is InChI=1S/C19H20N2O5/c1-12-7-8-15(9-13(12)2)14(3)20-18(22)11-26-19(23)16-5-4-6-17(10-16)21(24)25/h4-10,14H,11H2,1-3H3,(H,20,22)/t14-/m0/s1. The van der Waals surface area contributed by atoms with Gasteiger partial charge in [-0.25, -0.2) is 4.79 Å². The van der Waals surface area contributed by atoms with Crippen LogP contribution in [0.5, 0.6) is 0 Å². The zero-order valence-corrected chi connectivity index (χ0v) is 14.8. The van der Waals surface area contributed by atoms with E-state index in [1.165, 1.54) is 18.2 Å². The van der Waals surface area contributed by atoms with Crippen molar-refractivity contribution in [1.29, 1.82) is 0 Å². The van der Waals surface area contributed by atoms with Crippen LogP contribution in [0.15, 0.2) is 42.5 Å². The molecule has 0 unspecified atom stereocenters. The average Bonchev–Trinajstić information content (AvgIpc) is 2.62. The van der Waals surface area contributed by atoms with Gasteiger partial charge in [0.05, 0.1) is 16.5 Å². The smallest absolute Gasteiger partial charge is 0.338 e. The van der Waals surface area contributed by atoms with Gasteiger partial charge in [0, 0.05) is 12.1 Å². The second-order valence-electron chi connectivity index (χ2n) is 6.02. The zero-order chi connectivity index (χ0) is 19.3. The van der Waals surface area contributed by atoms with Crippen LogP contribution in [0.4, 0.5) is 5.69 Å². The van der Waals surface area contributed by atoms with Crippen molar-refractivity contribution in [3.05, 3.63) is 74.8 Å². The third-order valence-corrected chi connectivity index (χ3v) is 4.04. The van der Waals surface area contributed by atoms with Crippen molar-refractivity contribution < 1.29 is 19.2 Å². The number of amides is 1. The average molecular weight is 356 g/mol. The molecule has 7 nitrogen and oxygen atoms in total. The van der Waals surface area contributed by atoms with Gasteiger partial charge in [0.2, 0.25) is 0 Å². The van der Waals surface area contributed by atoms with Gasteiger partial charge < -0.3 is 10.1 Å². The van der Waals surface area contributed by atoms with Gasteiger partial charge in [-0.15, -0.1) is 0 Å². The molecule has 0 heterocycles. The van der Waals surface area contributed by atoms with Gasteiger partial charge in [0.25, 0.3) is 11.6 Å². The molecule has 0 saturated carbocycles. The largest absolute Gasteiger partial charge is 0.452 e. The molecule has 7 heteroatoms. The van der Waals surface area contributed by atoms with Crippen molar-refractivity contribution in [3.8, 4) is 0 Å². The number of nitro benzene ring substituents is 1. The summed E-state index contributed by atoms with van der Waals surface area (Å²) in [5.41, 5.74) is 3.05. The van der Waals surface area contributed by atoms with E-state index in [2.05, 4.69) is 5.32 Å². The summed E-state index contributed by atoms with van der Waals surface area (Å²) >= 11 is 0. The van der Waals surface area contributed by atoms with Crippen molar-refractivity contribution >= 4 is 17.6 Å². The molecular weight excluding hydrogens is 336 g/mol. The molecule has 1 N–H and O–H groups in total. The number of nitrogens with zero attached hydrogens (tertiary/aromatic N) is 1. The lowest BCUT2D eigenvalue weighted by Gasteiger charge is -2.15. The summed E-state index contributed by atoms with van der Waals surface area (Å²) < 4.78 is 4.93. The van der Waals surface area contributed by atoms with Gasteiger partial charge in [0.15, 0.2) is 6.61 Å². The van der Waals surface area contributed by atoms with Crippen LogP contribution in [-0.4, -0.2) is 23.4 Å². The van der Waals surface area contributed by atoms with Crippen LogP contribution in [0.1, 0.15) is 40.0 Å². The molecule has 0 bridgehead atoms. The Morgan fingerprint density at radius 1 is 1.15 bits per heavy atom. The molecule has 0 aliphatic heterocycles. The van der Waals surface area contributed by atoms with Gasteiger partial charge in [-0.1, -0.05) is 24.3 Å². The first-order valence-corrected chi connectivity index (χ1v) is 8.06. The molecular formula is C19H20N2O5. The van der Waals surface area contributed by atoms with Crippen molar-refractivity contribution in [2.75, 3.05) is 6.61 Å². The predicted octanol–water partition coefficient (Wildman–Crippen LogP) is 3.25. The number of aryl methyl sites for hydroxylation is 2. The highest BCUT2D eigenvalue weighted by molar-refractivity contribution is 5.92. The van der Waals surface area contributed by atoms with Gasteiger partial charge >= 0.3 is 5.97 Å². The first-order valence-electron chi connectivity index (χ1n) is 8.06. The highest BCUT2D eigenvalue weighted by Gasteiger charge is 2.15. The van der Waals surface area contributed by atoms with Crippen molar-refractivity contribution in [2.45, 2.75) is 26.8 Å². The maximum Gasteiger partial charge on any atom is 0.338 e. The molecule has 0 saturated heterocycles. The molecule has 0 aliphatic rings. The molecule has 2 aromatic carbocycles. The van der Waals surface area contributed by atoms with Gasteiger partial charge in [-0.2, -0.15) is 0 Å². The first-order chi connectivity index (χ1) is 12.3. The number of nitro groups is 1. The number of benzene rings is 2. The van der Waals surface area contributed by atoms with Crippen molar-refractivity contribution in [3.63, 3.8) is 0 Å². The number of hydrogen-bond donors (Lipinski definition) is 1. The minimum absolute atomic E-state index is 0.0224. The number of carbonyl (C=O) groups excluding carboxylic acids is 2. The summed E-state index contributed by atoms with van der Waals surface area (Å²) in [5, 5.41) is 13.5. The quantitative estimate of drug-likeness (QED) is 0.487. The summed E-state index contributed by atoms with van der Waals surface area (Å²) in [4.78, 5) is 34.1. The van der Waals surface area contributed by atoms with Crippen LogP contribution in [-0.2, 0) is 9.53 Å². The Morgan fingerprint density at radius 3 is 2.54 bits per heavy atom. The van der Waals surface area contributed by atoms with Crippen LogP contribution < -0.4 is 5.32 Å². The minimum atomic E-state index is -0.789. The van der Waals surface area contributed by atoms with Crippen LogP contribution in [0.2, 0.25) is 0 Å². The molecule has 136 valence electrons. The Morgan fingerprint density at radius 2 is 1.88 bits per heavy atom. The van der Waals surface area contributed by atoms with Gasteiger partial charge in [-0.05, 0) is 43.5 Å². The number of rotatable bonds is 6. The molecule has 2 rings (SSSR count). The number of hydrogen-bond acceptors (Lipinski definition) is 5. The lowest BCUT2D eigenvalue weighted by atomic mass is 10.0. The maximum absolute atomic E-state index is 12.0. The molecule has 1 amide bonds. The molecule has 0 radical (unpaired) electrons. The van der Waals surface area contributed by atoms with Crippen LogP contribution in [0.3, 0.4) is 0 Å². The summed E-state index contributed by atoms with van der Waals surface area (Å²) in [5.74, 6) is -1.24. The van der Waals surface area contributed by atoms with E-state index in [4.69, 9.17) is 4.74 Å². The second kappa shape index (κ2) is 8.24. The van der Waals surface area contributed by atoms with E-state index in [9.17, 15) is 19.7 Å². The SMILES string of the molecule is Cc1ccc([C@H](C)NC(=O)COC(=O)c2cccc([N+](=O)[O-])c2)cc1C. The number of carbonyl (C=O) groups is 2. The van der Waals surface area contributed by atoms with E-state index in [0.717, 1.165) is 22.8 Å².